The number of allylic oxidation sites excluding steroid dienone is 5. The van der Waals surface area contributed by atoms with Gasteiger partial charge in [0.05, 0.1) is 12.0 Å². The van der Waals surface area contributed by atoms with Gasteiger partial charge in [-0.2, -0.15) is 0 Å². The minimum atomic E-state index is -0.445. The summed E-state index contributed by atoms with van der Waals surface area (Å²) in [4.78, 5) is 10.9. The molecule has 1 aliphatic rings. The predicted molar refractivity (Wildman–Crippen MR) is 55.7 cm³/mol. The molecule has 0 aliphatic heterocycles. The molecule has 1 rings (SSSR count). The average Bonchev–Trinajstić information content (AvgIpc) is 2.22. The molecule has 0 spiro atoms. The first kappa shape index (κ1) is 10.5. The summed E-state index contributed by atoms with van der Waals surface area (Å²) in [5.74, 6) is -0.0259. The lowest BCUT2D eigenvalue weighted by Gasteiger charge is -2.18. The highest BCUT2D eigenvalue weighted by atomic mass is 16.2. The number of carbonyl (C=O) groups excluding carboxylic acids is 1. The van der Waals surface area contributed by atoms with Crippen molar-refractivity contribution < 1.29 is 9.90 Å². The molecular weight excluding hydrogens is 176 g/mol. The van der Waals surface area contributed by atoms with Crippen LogP contribution in [0, 0.1) is 5.41 Å². The van der Waals surface area contributed by atoms with E-state index >= 15 is 0 Å². The van der Waals surface area contributed by atoms with Gasteiger partial charge < -0.3 is 5.11 Å². The number of hydrogen-bond donors (Lipinski definition) is 1. The Kier molecular flexibility index (Phi) is 3.41. The van der Waals surface area contributed by atoms with Crippen LogP contribution in [-0.4, -0.2) is 17.5 Å². The van der Waals surface area contributed by atoms with Crippen LogP contribution >= 0.6 is 0 Å². The Morgan fingerprint density at radius 3 is 2.64 bits per heavy atom. The first-order chi connectivity index (χ1) is 6.72. The molecule has 0 bridgehead atoms. The summed E-state index contributed by atoms with van der Waals surface area (Å²) in [6.07, 6.45) is 11.5. The molecular formula is C12H12O2. The second kappa shape index (κ2) is 4.56. The minimum absolute atomic E-state index is 0.0259. The van der Waals surface area contributed by atoms with E-state index in [2.05, 4.69) is 12.3 Å². The van der Waals surface area contributed by atoms with Gasteiger partial charge in [-0.3, -0.25) is 4.79 Å². The van der Waals surface area contributed by atoms with Crippen LogP contribution < -0.4 is 0 Å². The van der Waals surface area contributed by atoms with Gasteiger partial charge in [0.1, 0.15) is 0 Å². The third kappa shape index (κ3) is 2.43. The van der Waals surface area contributed by atoms with Gasteiger partial charge in [-0.05, 0) is 24.3 Å². The molecule has 0 radical (unpaired) electrons. The first-order valence-electron chi connectivity index (χ1n) is 4.31. The van der Waals surface area contributed by atoms with Crippen LogP contribution in [-0.2, 0) is 4.79 Å². The zero-order valence-corrected chi connectivity index (χ0v) is 7.81. The van der Waals surface area contributed by atoms with Gasteiger partial charge in [-0.1, -0.05) is 18.2 Å². The van der Waals surface area contributed by atoms with Crippen LogP contribution in [0.4, 0.5) is 0 Å². The Morgan fingerprint density at radius 2 is 2.14 bits per heavy atom. The molecule has 0 saturated heterocycles. The second-order valence-corrected chi connectivity index (χ2v) is 2.97. The molecule has 72 valence electrons. The maximum Gasteiger partial charge on any atom is 0.178 e. The van der Waals surface area contributed by atoms with E-state index in [-0.39, 0.29) is 12.4 Å². The van der Waals surface area contributed by atoms with Crippen molar-refractivity contribution in [1.29, 1.82) is 0 Å². The van der Waals surface area contributed by atoms with Crippen molar-refractivity contribution in [3.05, 3.63) is 54.8 Å². The normalized spacial score (nSPS) is 17.4. The smallest absolute Gasteiger partial charge is 0.178 e. The molecule has 2 heteroatoms. The molecule has 0 fully saturated rings. The molecule has 14 heavy (non-hydrogen) atoms. The molecule has 0 unspecified atom stereocenters. The zero-order valence-electron chi connectivity index (χ0n) is 7.81. The van der Waals surface area contributed by atoms with Crippen molar-refractivity contribution in [3.8, 4) is 0 Å². The minimum Gasteiger partial charge on any atom is -0.392 e. The van der Waals surface area contributed by atoms with E-state index in [1.54, 1.807) is 24.3 Å². The molecule has 0 aromatic heterocycles. The molecule has 0 heterocycles. The third-order valence-corrected chi connectivity index (χ3v) is 1.97. The lowest BCUT2D eigenvalue weighted by molar-refractivity contribution is -0.110. The van der Waals surface area contributed by atoms with E-state index in [0.717, 1.165) is 0 Å². The topological polar surface area (TPSA) is 37.3 Å². The lowest BCUT2D eigenvalue weighted by Crippen LogP contribution is -2.11. The van der Waals surface area contributed by atoms with Gasteiger partial charge >= 0.3 is 0 Å². The molecule has 0 saturated carbocycles. The molecule has 0 amide bonds. The van der Waals surface area contributed by atoms with E-state index in [1.807, 2.05) is 0 Å². The fraction of sp³-hybridized carbons (Fsp3) is 0.167. The summed E-state index contributed by atoms with van der Waals surface area (Å²) >= 11 is 0. The van der Waals surface area contributed by atoms with Gasteiger partial charge in [0.2, 0.25) is 0 Å². The lowest BCUT2D eigenvalue weighted by atomic mass is 9.84. The summed E-state index contributed by atoms with van der Waals surface area (Å²) < 4.78 is 0. The van der Waals surface area contributed by atoms with Gasteiger partial charge in [0, 0.05) is 0 Å². The summed E-state index contributed by atoms with van der Waals surface area (Å²) in [7, 11) is 0. The van der Waals surface area contributed by atoms with Gasteiger partial charge in [0.25, 0.3) is 0 Å². The van der Waals surface area contributed by atoms with Gasteiger partial charge in [0.15, 0.2) is 5.78 Å². The van der Waals surface area contributed by atoms with Crippen LogP contribution in [0.3, 0.4) is 0 Å². The number of aliphatic hydroxyl groups is 1. The van der Waals surface area contributed by atoms with E-state index in [4.69, 9.17) is 5.11 Å². The molecule has 2 nitrogen and oxygen atoms in total. The largest absolute Gasteiger partial charge is 0.392 e. The Bertz CT molecular complexity index is 337. The maximum absolute atomic E-state index is 10.9. The van der Waals surface area contributed by atoms with Gasteiger partial charge in [-0.15, -0.1) is 12.3 Å². The fourth-order valence-corrected chi connectivity index (χ4v) is 1.11. The van der Waals surface area contributed by atoms with E-state index in [9.17, 15) is 4.79 Å². The van der Waals surface area contributed by atoms with Crippen molar-refractivity contribution in [1.82, 2.24) is 0 Å². The predicted octanol–water partition coefficient (Wildman–Crippen LogP) is 1.56. The number of ketones is 1. The second-order valence-electron chi connectivity index (χ2n) is 2.97. The highest BCUT2D eigenvalue weighted by Crippen LogP contribution is 2.26. The SMILES string of the molecule is C=CC1(C=C=CCO)C=CC(=O)C=C1. The van der Waals surface area contributed by atoms with Crippen LogP contribution in [0.1, 0.15) is 0 Å². The van der Waals surface area contributed by atoms with Crippen molar-refractivity contribution in [2.75, 3.05) is 6.61 Å². The average molecular weight is 188 g/mol. The van der Waals surface area contributed by atoms with Crippen molar-refractivity contribution >= 4 is 5.78 Å². The number of rotatable bonds is 3. The Labute approximate surface area is 83.3 Å². The molecule has 1 aliphatic carbocycles. The molecule has 0 aromatic carbocycles. The molecule has 0 atom stereocenters. The monoisotopic (exact) mass is 188 g/mol. The van der Waals surface area contributed by atoms with Crippen LogP contribution in [0.5, 0.6) is 0 Å². The Hall–Kier alpha value is -1.63. The number of aliphatic hydroxyl groups excluding tert-OH is 1. The van der Waals surface area contributed by atoms with Crippen LogP contribution in [0.25, 0.3) is 0 Å². The third-order valence-electron chi connectivity index (χ3n) is 1.97. The highest BCUT2D eigenvalue weighted by Gasteiger charge is 2.18. The highest BCUT2D eigenvalue weighted by molar-refractivity contribution is 6.00. The standard InChI is InChI=1S/C12H12O2/c1-2-12(7-3-4-10-13)8-5-11(14)6-9-12/h2,4-9,13H,1,10H2. The Balaban J connectivity index is 2.95. The van der Waals surface area contributed by atoms with Crippen molar-refractivity contribution in [2.24, 2.45) is 5.41 Å². The van der Waals surface area contributed by atoms with Crippen LogP contribution in [0.2, 0.25) is 0 Å². The summed E-state index contributed by atoms with van der Waals surface area (Å²) in [6.45, 7) is 3.65. The Morgan fingerprint density at radius 1 is 1.50 bits per heavy atom. The van der Waals surface area contributed by atoms with E-state index in [0.29, 0.717) is 0 Å². The summed E-state index contributed by atoms with van der Waals surface area (Å²) in [6, 6.07) is 0. The quantitative estimate of drug-likeness (QED) is 0.539. The zero-order chi connectivity index (χ0) is 10.4. The van der Waals surface area contributed by atoms with Gasteiger partial charge in [-0.25, -0.2) is 0 Å². The fourth-order valence-electron chi connectivity index (χ4n) is 1.11. The summed E-state index contributed by atoms with van der Waals surface area (Å²) in [5.41, 5.74) is 2.38. The number of carbonyl (C=O) groups is 1. The van der Waals surface area contributed by atoms with E-state index in [1.165, 1.54) is 18.2 Å². The van der Waals surface area contributed by atoms with Crippen LogP contribution in [0.15, 0.2) is 54.8 Å². The molecule has 1 N–H and O–H groups in total. The first-order valence-corrected chi connectivity index (χ1v) is 4.31. The van der Waals surface area contributed by atoms with Crippen molar-refractivity contribution in [2.45, 2.75) is 0 Å². The van der Waals surface area contributed by atoms with E-state index < -0.39 is 5.41 Å². The summed E-state index contributed by atoms with van der Waals surface area (Å²) in [5, 5.41) is 8.54. The van der Waals surface area contributed by atoms with Crippen molar-refractivity contribution in [3.63, 3.8) is 0 Å². The number of hydrogen-bond acceptors (Lipinski definition) is 2. The molecule has 0 aromatic rings. The maximum atomic E-state index is 10.9.